The maximum Gasteiger partial charge on any atom is 0.262 e. The van der Waals surface area contributed by atoms with Gasteiger partial charge in [-0.1, -0.05) is 48.5 Å². The summed E-state index contributed by atoms with van der Waals surface area (Å²) in [5, 5.41) is 10.1. The number of anilines is 1. The summed E-state index contributed by atoms with van der Waals surface area (Å²) in [5.74, 6) is -0.386. The van der Waals surface area contributed by atoms with Crippen LogP contribution in [0.1, 0.15) is 0 Å². The molecule has 3 aromatic rings. The van der Waals surface area contributed by atoms with Gasteiger partial charge in [0.1, 0.15) is 5.75 Å². The first-order chi connectivity index (χ1) is 13.6. The van der Waals surface area contributed by atoms with Crippen molar-refractivity contribution in [3.8, 4) is 16.9 Å². The largest absolute Gasteiger partial charge is 0.506 e. The van der Waals surface area contributed by atoms with E-state index in [-0.39, 0.29) is 21.2 Å². The molecule has 7 nitrogen and oxygen atoms in total. The summed E-state index contributed by atoms with van der Waals surface area (Å²) < 4.78 is 54.1. The standard InChI is InChI=1S/C20H20N2O5S2/c1-22(2)29(26,27)16-12-13-19(23)18(14-16)21-28(24,25)20-11-7-6-10-17(20)15-8-4-3-5-9-15/h3-14,21,23H,1-2H3. The Kier molecular flexibility index (Phi) is 5.65. The summed E-state index contributed by atoms with van der Waals surface area (Å²) in [6.07, 6.45) is 0. The van der Waals surface area contributed by atoms with Gasteiger partial charge in [0.05, 0.1) is 15.5 Å². The molecule has 3 aromatic carbocycles. The maximum atomic E-state index is 13.1. The first-order valence-electron chi connectivity index (χ1n) is 8.56. The van der Waals surface area contributed by atoms with Gasteiger partial charge in [-0.05, 0) is 29.8 Å². The summed E-state index contributed by atoms with van der Waals surface area (Å²) in [5.41, 5.74) is 0.967. The van der Waals surface area contributed by atoms with Crippen LogP contribution in [-0.2, 0) is 20.0 Å². The Bertz CT molecular complexity index is 1240. The van der Waals surface area contributed by atoms with Crippen molar-refractivity contribution < 1.29 is 21.9 Å². The molecule has 0 unspecified atom stereocenters. The highest BCUT2D eigenvalue weighted by Gasteiger charge is 2.23. The Balaban J connectivity index is 2.06. The fourth-order valence-electron chi connectivity index (χ4n) is 2.73. The second kappa shape index (κ2) is 7.86. The van der Waals surface area contributed by atoms with E-state index in [0.717, 1.165) is 16.4 Å². The molecule has 0 aromatic heterocycles. The van der Waals surface area contributed by atoms with Crippen molar-refractivity contribution in [1.82, 2.24) is 4.31 Å². The molecule has 0 saturated heterocycles. The van der Waals surface area contributed by atoms with Crippen LogP contribution in [0.4, 0.5) is 5.69 Å². The minimum absolute atomic E-state index is 0.00599. The molecular weight excluding hydrogens is 412 g/mol. The van der Waals surface area contributed by atoms with E-state index in [0.29, 0.717) is 11.1 Å². The molecule has 29 heavy (non-hydrogen) atoms. The van der Waals surface area contributed by atoms with Crippen LogP contribution in [-0.4, -0.2) is 40.3 Å². The number of phenols is 1. The SMILES string of the molecule is CN(C)S(=O)(=O)c1ccc(O)c(NS(=O)(=O)c2ccccc2-c2ccccc2)c1. The van der Waals surface area contributed by atoms with Gasteiger partial charge in [-0.15, -0.1) is 0 Å². The van der Waals surface area contributed by atoms with E-state index >= 15 is 0 Å². The van der Waals surface area contributed by atoms with Gasteiger partial charge >= 0.3 is 0 Å². The number of phenolic OH excluding ortho intramolecular Hbond substituents is 1. The highest BCUT2D eigenvalue weighted by molar-refractivity contribution is 7.93. The smallest absolute Gasteiger partial charge is 0.262 e. The van der Waals surface area contributed by atoms with Crippen molar-refractivity contribution in [3.05, 3.63) is 72.8 Å². The Morgan fingerprint density at radius 2 is 1.45 bits per heavy atom. The molecular formula is C20H20N2O5S2. The molecule has 9 heteroatoms. The van der Waals surface area contributed by atoms with Gasteiger partial charge in [0.15, 0.2) is 0 Å². The maximum absolute atomic E-state index is 13.1. The van der Waals surface area contributed by atoms with Gasteiger partial charge in [-0.2, -0.15) is 0 Å². The number of hydrogen-bond acceptors (Lipinski definition) is 5. The van der Waals surface area contributed by atoms with Gasteiger partial charge in [-0.3, -0.25) is 4.72 Å². The normalized spacial score (nSPS) is 12.1. The van der Waals surface area contributed by atoms with Crippen molar-refractivity contribution in [2.45, 2.75) is 9.79 Å². The number of sulfonamides is 2. The molecule has 0 aliphatic rings. The Labute approximate surface area is 170 Å². The van der Waals surface area contributed by atoms with Crippen LogP contribution in [0.2, 0.25) is 0 Å². The van der Waals surface area contributed by atoms with E-state index in [4.69, 9.17) is 0 Å². The second-order valence-electron chi connectivity index (χ2n) is 6.43. The van der Waals surface area contributed by atoms with E-state index in [2.05, 4.69) is 4.72 Å². The number of rotatable bonds is 6. The molecule has 0 aliphatic carbocycles. The quantitative estimate of drug-likeness (QED) is 0.583. The topological polar surface area (TPSA) is 104 Å². The third-order valence-corrected chi connectivity index (χ3v) is 7.49. The van der Waals surface area contributed by atoms with Crippen LogP contribution in [0.5, 0.6) is 5.75 Å². The summed E-state index contributed by atoms with van der Waals surface area (Å²) in [6, 6.07) is 18.9. The van der Waals surface area contributed by atoms with Gasteiger partial charge in [-0.25, -0.2) is 21.1 Å². The Morgan fingerprint density at radius 1 is 0.828 bits per heavy atom. The van der Waals surface area contributed by atoms with Crippen LogP contribution in [0, 0.1) is 0 Å². The average Bonchev–Trinajstić information content (AvgIpc) is 2.70. The fourth-order valence-corrected chi connectivity index (χ4v) is 4.95. The van der Waals surface area contributed by atoms with Crippen molar-refractivity contribution in [1.29, 1.82) is 0 Å². The minimum atomic E-state index is -4.12. The molecule has 0 amide bonds. The molecule has 0 radical (unpaired) electrons. The van der Waals surface area contributed by atoms with Gasteiger partial charge in [0.2, 0.25) is 10.0 Å². The van der Waals surface area contributed by atoms with Crippen molar-refractivity contribution >= 4 is 25.7 Å². The minimum Gasteiger partial charge on any atom is -0.506 e. The lowest BCUT2D eigenvalue weighted by atomic mass is 10.1. The third kappa shape index (κ3) is 4.26. The molecule has 0 saturated carbocycles. The molecule has 3 rings (SSSR count). The number of nitrogens with one attached hydrogen (secondary N) is 1. The zero-order valence-electron chi connectivity index (χ0n) is 15.8. The van der Waals surface area contributed by atoms with Crippen LogP contribution in [0.3, 0.4) is 0 Å². The second-order valence-corrected chi connectivity index (χ2v) is 10.2. The number of aromatic hydroxyl groups is 1. The number of nitrogens with zero attached hydrogens (tertiary/aromatic N) is 1. The predicted octanol–water partition coefficient (Wildman–Crippen LogP) is 3.11. The summed E-state index contributed by atoms with van der Waals surface area (Å²) in [7, 11) is -5.19. The van der Waals surface area contributed by atoms with Crippen molar-refractivity contribution in [3.63, 3.8) is 0 Å². The van der Waals surface area contributed by atoms with E-state index in [1.54, 1.807) is 42.5 Å². The molecule has 0 spiro atoms. The third-order valence-electron chi connectivity index (χ3n) is 4.25. The Morgan fingerprint density at radius 3 is 2.10 bits per heavy atom. The lowest BCUT2D eigenvalue weighted by molar-refractivity contribution is 0.477. The molecule has 0 fully saturated rings. The predicted molar refractivity (Wildman–Crippen MR) is 112 cm³/mol. The monoisotopic (exact) mass is 432 g/mol. The van der Waals surface area contributed by atoms with Crippen LogP contribution < -0.4 is 4.72 Å². The Hall–Kier alpha value is -2.88. The van der Waals surface area contributed by atoms with Crippen LogP contribution in [0.25, 0.3) is 11.1 Å². The summed E-state index contributed by atoms with van der Waals surface area (Å²) >= 11 is 0. The number of hydrogen-bond donors (Lipinski definition) is 2. The van der Waals surface area contributed by atoms with Gasteiger partial charge < -0.3 is 5.11 Å². The highest BCUT2D eigenvalue weighted by atomic mass is 32.2. The van der Waals surface area contributed by atoms with Gasteiger partial charge in [0.25, 0.3) is 10.0 Å². The lowest BCUT2D eigenvalue weighted by Gasteiger charge is -2.16. The summed E-state index contributed by atoms with van der Waals surface area (Å²) in [6.45, 7) is 0. The molecule has 0 bridgehead atoms. The number of benzene rings is 3. The van der Waals surface area contributed by atoms with Crippen LogP contribution in [0.15, 0.2) is 82.6 Å². The lowest BCUT2D eigenvalue weighted by Crippen LogP contribution is -2.22. The van der Waals surface area contributed by atoms with E-state index < -0.39 is 20.0 Å². The van der Waals surface area contributed by atoms with Crippen molar-refractivity contribution in [2.75, 3.05) is 18.8 Å². The average molecular weight is 433 g/mol. The molecule has 2 N–H and O–H groups in total. The fraction of sp³-hybridized carbons (Fsp3) is 0.100. The highest BCUT2D eigenvalue weighted by Crippen LogP contribution is 2.32. The zero-order valence-corrected chi connectivity index (χ0v) is 17.4. The molecule has 0 heterocycles. The first-order valence-corrected chi connectivity index (χ1v) is 11.5. The molecule has 0 atom stereocenters. The summed E-state index contributed by atoms with van der Waals surface area (Å²) in [4.78, 5) is -0.138. The molecule has 152 valence electrons. The molecule has 0 aliphatic heterocycles. The van der Waals surface area contributed by atoms with Crippen LogP contribution >= 0.6 is 0 Å². The first kappa shape index (κ1) is 20.8. The van der Waals surface area contributed by atoms with E-state index in [1.165, 1.54) is 26.2 Å². The zero-order chi connectivity index (χ0) is 21.2. The van der Waals surface area contributed by atoms with Crippen molar-refractivity contribution in [2.24, 2.45) is 0 Å². The van der Waals surface area contributed by atoms with E-state index in [9.17, 15) is 21.9 Å². The van der Waals surface area contributed by atoms with Gasteiger partial charge in [0, 0.05) is 19.7 Å². The van der Waals surface area contributed by atoms with E-state index in [1.807, 2.05) is 6.07 Å².